The molecule has 0 spiro atoms. The molecule has 0 heterocycles. The highest BCUT2D eigenvalue weighted by molar-refractivity contribution is 7.55. The Bertz CT molecular complexity index is 521. The van der Waals surface area contributed by atoms with E-state index in [-0.39, 0.29) is 13.0 Å². The average molecular weight is 346 g/mol. The van der Waals surface area contributed by atoms with Gasteiger partial charge in [0.15, 0.2) is 5.66 Å². The quantitative estimate of drug-likeness (QED) is 0.366. The Morgan fingerprint density at radius 3 is 2.17 bits per heavy atom. The number of esters is 1. The van der Waals surface area contributed by atoms with Crippen LogP contribution in [0.2, 0.25) is 0 Å². The fraction of sp³-hybridized carbons (Fsp3) is 0.533. The first kappa shape index (κ1) is 19.6. The molecule has 0 aromatic heterocycles. The fourth-order valence-corrected chi connectivity index (χ4v) is 3.42. The maximum absolute atomic E-state index is 12.4. The van der Waals surface area contributed by atoms with Crippen molar-refractivity contribution in [3.05, 3.63) is 29.8 Å². The number of carbonyl (C=O) groups excluding carboxylic acids is 1. The normalized spacial score (nSPS) is 12.7. The molecule has 0 aliphatic rings. The number of ether oxygens (including phenoxy) is 3. The van der Waals surface area contributed by atoms with Crippen molar-refractivity contribution < 1.29 is 32.6 Å². The standard InChI is InChI=1S/C15H23O7P/c1-18-13-7-5-12(6-8-13)11-22-10-9-14(15(16)19-2)23(17,20-3)21-4/h5-8,14H,9-11H2,1-4H3. The van der Waals surface area contributed by atoms with Crippen LogP contribution in [0.1, 0.15) is 12.0 Å². The highest BCUT2D eigenvalue weighted by atomic mass is 31.2. The minimum atomic E-state index is -3.56. The molecule has 0 aliphatic heterocycles. The lowest BCUT2D eigenvalue weighted by molar-refractivity contribution is -0.141. The van der Waals surface area contributed by atoms with Crippen molar-refractivity contribution >= 4 is 13.6 Å². The molecule has 1 rings (SSSR count). The summed E-state index contributed by atoms with van der Waals surface area (Å²) in [4.78, 5) is 11.8. The maximum atomic E-state index is 12.4. The molecule has 130 valence electrons. The van der Waals surface area contributed by atoms with Gasteiger partial charge in [0.05, 0.1) is 20.8 Å². The molecule has 8 heteroatoms. The first-order chi connectivity index (χ1) is 11.0. The molecule has 0 amide bonds. The molecule has 0 fully saturated rings. The number of hydrogen-bond donors (Lipinski definition) is 0. The number of methoxy groups -OCH3 is 2. The second-order valence-corrected chi connectivity index (χ2v) is 7.07. The molecule has 0 N–H and O–H groups in total. The van der Waals surface area contributed by atoms with Gasteiger partial charge in [-0.15, -0.1) is 0 Å². The summed E-state index contributed by atoms with van der Waals surface area (Å²) >= 11 is 0. The lowest BCUT2D eigenvalue weighted by Gasteiger charge is -2.22. The van der Waals surface area contributed by atoms with Gasteiger partial charge in [0, 0.05) is 20.8 Å². The molecule has 0 saturated heterocycles. The zero-order chi connectivity index (χ0) is 17.3. The molecular weight excluding hydrogens is 323 g/mol. The summed E-state index contributed by atoms with van der Waals surface area (Å²) in [7, 11) is 1.74. The van der Waals surface area contributed by atoms with Gasteiger partial charge < -0.3 is 23.3 Å². The summed E-state index contributed by atoms with van der Waals surface area (Å²) in [6.07, 6.45) is 0.168. The van der Waals surface area contributed by atoms with E-state index >= 15 is 0 Å². The van der Waals surface area contributed by atoms with E-state index in [2.05, 4.69) is 4.74 Å². The first-order valence-electron chi connectivity index (χ1n) is 7.00. The van der Waals surface area contributed by atoms with Crippen molar-refractivity contribution in [2.24, 2.45) is 0 Å². The number of hydrogen-bond acceptors (Lipinski definition) is 7. The van der Waals surface area contributed by atoms with Crippen molar-refractivity contribution in [2.45, 2.75) is 18.7 Å². The van der Waals surface area contributed by atoms with Crippen LogP contribution in [0.15, 0.2) is 24.3 Å². The maximum Gasteiger partial charge on any atom is 0.344 e. The molecule has 0 saturated carbocycles. The van der Waals surface area contributed by atoms with Crippen LogP contribution in [0.3, 0.4) is 0 Å². The minimum Gasteiger partial charge on any atom is -0.497 e. The highest BCUT2D eigenvalue weighted by Crippen LogP contribution is 2.53. The summed E-state index contributed by atoms with van der Waals surface area (Å²) in [6.45, 7) is 0.574. The Morgan fingerprint density at radius 2 is 1.70 bits per heavy atom. The van der Waals surface area contributed by atoms with Crippen LogP contribution in [0, 0.1) is 0 Å². The topological polar surface area (TPSA) is 80.3 Å². The van der Waals surface area contributed by atoms with Gasteiger partial charge in [0.25, 0.3) is 0 Å². The van der Waals surface area contributed by atoms with Gasteiger partial charge in [0.1, 0.15) is 5.75 Å². The predicted octanol–water partition coefficient (Wildman–Crippen LogP) is 2.63. The van der Waals surface area contributed by atoms with Gasteiger partial charge in [-0.1, -0.05) is 12.1 Å². The summed E-state index contributed by atoms with van der Waals surface area (Å²) < 4.78 is 37.4. The number of benzene rings is 1. The molecule has 0 bridgehead atoms. The molecule has 0 radical (unpaired) electrons. The van der Waals surface area contributed by atoms with Gasteiger partial charge in [-0.25, -0.2) is 0 Å². The summed E-state index contributed by atoms with van der Waals surface area (Å²) in [5.41, 5.74) is -0.0551. The second kappa shape index (κ2) is 9.67. The third-order valence-corrected chi connectivity index (χ3v) is 5.58. The van der Waals surface area contributed by atoms with E-state index in [1.165, 1.54) is 21.3 Å². The molecule has 0 aliphatic carbocycles. The SMILES string of the molecule is COC(=O)C(CCOCc1ccc(OC)cc1)P(=O)(OC)OC. The van der Waals surface area contributed by atoms with Gasteiger partial charge in [-0.05, 0) is 24.1 Å². The van der Waals surface area contributed by atoms with Gasteiger partial charge in [-0.2, -0.15) is 0 Å². The van der Waals surface area contributed by atoms with E-state index in [4.69, 9.17) is 18.5 Å². The van der Waals surface area contributed by atoms with Gasteiger partial charge in [-0.3, -0.25) is 9.36 Å². The van der Waals surface area contributed by atoms with Crippen molar-refractivity contribution in [1.29, 1.82) is 0 Å². The average Bonchev–Trinajstić information content (AvgIpc) is 2.61. The van der Waals surface area contributed by atoms with Crippen LogP contribution in [-0.2, 0) is 34.5 Å². The zero-order valence-corrected chi connectivity index (χ0v) is 14.7. The van der Waals surface area contributed by atoms with Crippen molar-refractivity contribution in [2.75, 3.05) is 35.0 Å². The second-order valence-electron chi connectivity index (χ2n) is 4.63. The molecule has 1 unspecified atom stereocenters. The summed E-state index contributed by atoms with van der Waals surface area (Å²) in [6, 6.07) is 7.43. The largest absolute Gasteiger partial charge is 0.497 e. The van der Waals surface area contributed by atoms with Crippen LogP contribution < -0.4 is 4.74 Å². The van der Waals surface area contributed by atoms with Crippen molar-refractivity contribution in [3.8, 4) is 5.75 Å². The molecule has 1 aromatic carbocycles. The highest BCUT2D eigenvalue weighted by Gasteiger charge is 2.40. The van der Waals surface area contributed by atoms with E-state index in [1.807, 2.05) is 24.3 Å². The Hall–Kier alpha value is -1.40. The lowest BCUT2D eigenvalue weighted by Crippen LogP contribution is -2.25. The van der Waals surface area contributed by atoms with Crippen LogP contribution in [0.5, 0.6) is 5.75 Å². The Kier molecular flexibility index (Phi) is 8.26. The molecular formula is C15H23O7P. The van der Waals surface area contributed by atoms with Crippen molar-refractivity contribution in [1.82, 2.24) is 0 Å². The number of carbonyl (C=O) groups is 1. The van der Waals surface area contributed by atoms with Crippen LogP contribution in [-0.4, -0.2) is 46.7 Å². The molecule has 7 nitrogen and oxygen atoms in total. The van der Waals surface area contributed by atoms with Gasteiger partial charge in [0.2, 0.25) is 0 Å². The monoisotopic (exact) mass is 346 g/mol. The van der Waals surface area contributed by atoms with E-state index in [0.29, 0.717) is 6.61 Å². The number of rotatable bonds is 10. The first-order valence-corrected chi connectivity index (χ1v) is 8.61. The fourth-order valence-electron chi connectivity index (χ4n) is 1.98. The van der Waals surface area contributed by atoms with E-state index < -0.39 is 19.2 Å². The smallest absolute Gasteiger partial charge is 0.344 e. The zero-order valence-electron chi connectivity index (χ0n) is 13.8. The minimum absolute atomic E-state index is 0.168. The predicted molar refractivity (Wildman–Crippen MR) is 84.7 cm³/mol. The van der Waals surface area contributed by atoms with E-state index in [0.717, 1.165) is 11.3 Å². The molecule has 1 aromatic rings. The van der Waals surface area contributed by atoms with Crippen LogP contribution in [0.4, 0.5) is 0 Å². The Morgan fingerprint density at radius 1 is 1.09 bits per heavy atom. The van der Waals surface area contributed by atoms with E-state index in [9.17, 15) is 9.36 Å². The summed E-state index contributed by atoms with van der Waals surface area (Å²) in [5.74, 6) is 0.116. The van der Waals surface area contributed by atoms with E-state index in [1.54, 1.807) is 7.11 Å². The van der Waals surface area contributed by atoms with Crippen molar-refractivity contribution in [3.63, 3.8) is 0 Å². The van der Waals surface area contributed by atoms with Crippen LogP contribution in [0.25, 0.3) is 0 Å². The summed E-state index contributed by atoms with van der Waals surface area (Å²) in [5, 5.41) is 0. The third-order valence-electron chi connectivity index (χ3n) is 3.33. The third kappa shape index (κ3) is 5.62. The van der Waals surface area contributed by atoms with Gasteiger partial charge >= 0.3 is 13.6 Å². The Labute approximate surface area is 136 Å². The molecule has 1 atom stereocenters. The molecule has 23 heavy (non-hydrogen) atoms. The Balaban J connectivity index is 2.55. The lowest BCUT2D eigenvalue weighted by atomic mass is 10.2. The van der Waals surface area contributed by atoms with Crippen LogP contribution >= 0.6 is 7.60 Å².